The summed E-state index contributed by atoms with van der Waals surface area (Å²) in [4.78, 5) is 26.4. The molecule has 10 heteroatoms. The predicted octanol–water partition coefficient (Wildman–Crippen LogP) is 5.45. The van der Waals surface area contributed by atoms with Gasteiger partial charge in [-0.2, -0.15) is 13.2 Å². The molecule has 0 radical (unpaired) electrons. The van der Waals surface area contributed by atoms with E-state index in [4.69, 9.17) is 18.6 Å². The van der Waals surface area contributed by atoms with Crippen LogP contribution in [0.4, 0.5) is 18.0 Å². The first-order valence-electron chi connectivity index (χ1n) is 9.65. The normalized spacial score (nSPS) is 11.3. The van der Waals surface area contributed by atoms with Gasteiger partial charge in [0.25, 0.3) is 5.76 Å². The monoisotopic (exact) mass is 451 g/mol. The summed E-state index contributed by atoms with van der Waals surface area (Å²) in [5, 5.41) is -0.175. The van der Waals surface area contributed by atoms with E-state index in [0.29, 0.717) is 13.1 Å². The Hall–Kier alpha value is -3.69. The molecule has 1 amide bonds. The van der Waals surface area contributed by atoms with Gasteiger partial charge in [0.15, 0.2) is 11.5 Å². The van der Waals surface area contributed by atoms with Crippen LogP contribution in [0.1, 0.15) is 19.6 Å². The Labute approximate surface area is 180 Å². The minimum absolute atomic E-state index is 0.0657. The van der Waals surface area contributed by atoms with E-state index in [1.807, 2.05) is 0 Å². The van der Waals surface area contributed by atoms with Gasteiger partial charge in [-0.15, -0.1) is 0 Å². The van der Waals surface area contributed by atoms with Gasteiger partial charge >= 0.3 is 12.3 Å². The summed E-state index contributed by atoms with van der Waals surface area (Å²) in [6.45, 7) is 4.28. The van der Waals surface area contributed by atoms with Crippen molar-refractivity contribution in [2.75, 3.05) is 20.2 Å². The van der Waals surface area contributed by atoms with E-state index in [1.54, 1.807) is 19.9 Å². The van der Waals surface area contributed by atoms with Crippen molar-refractivity contribution in [2.45, 2.75) is 20.0 Å². The summed E-state index contributed by atoms with van der Waals surface area (Å²) in [5.41, 5.74) is -1.44. The second-order valence-electron chi connectivity index (χ2n) is 6.54. The van der Waals surface area contributed by atoms with Crippen LogP contribution in [0.15, 0.2) is 51.7 Å². The zero-order chi connectivity index (χ0) is 23.5. The molecular formula is C22H20F3NO6. The predicted molar refractivity (Wildman–Crippen MR) is 109 cm³/mol. The first-order chi connectivity index (χ1) is 15.2. The van der Waals surface area contributed by atoms with Gasteiger partial charge in [0.05, 0.1) is 12.5 Å². The number of fused-ring (bicyclic) bond motifs is 1. The number of methoxy groups -OCH3 is 1. The van der Waals surface area contributed by atoms with Crippen LogP contribution in [0.3, 0.4) is 0 Å². The van der Waals surface area contributed by atoms with E-state index < -0.39 is 34.8 Å². The molecule has 0 aliphatic rings. The molecule has 32 heavy (non-hydrogen) atoms. The van der Waals surface area contributed by atoms with E-state index in [1.165, 1.54) is 42.3 Å². The standard InChI is InChI=1S/C22H20F3NO6/c1-4-26(5-2)21(28)30-13-10-11-14-17(12-13)32-20(22(23,24)25)19(18(14)27)31-16-9-7-6-8-15(16)29-3/h6-12H,4-5H2,1-3H3. The van der Waals surface area contributed by atoms with Crippen molar-refractivity contribution >= 4 is 17.1 Å². The molecule has 0 unspecified atom stereocenters. The third-order valence-electron chi connectivity index (χ3n) is 4.59. The first kappa shape index (κ1) is 23.0. The van der Waals surface area contributed by atoms with Gasteiger partial charge in [-0.1, -0.05) is 12.1 Å². The van der Waals surface area contributed by atoms with E-state index in [-0.39, 0.29) is 22.6 Å². The molecule has 3 rings (SSSR count). The Balaban J connectivity index is 2.10. The zero-order valence-corrected chi connectivity index (χ0v) is 17.5. The quantitative estimate of drug-likeness (QED) is 0.496. The number of hydrogen-bond acceptors (Lipinski definition) is 6. The third kappa shape index (κ3) is 4.63. The number of ether oxygens (including phenoxy) is 3. The Bertz CT molecular complexity index is 1180. The van der Waals surface area contributed by atoms with Crippen LogP contribution in [0.2, 0.25) is 0 Å². The highest BCUT2D eigenvalue weighted by Crippen LogP contribution is 2.40. The SMILES string of the molecule is CCN(CC)C(=O)Oc1ccc2c(=O)c(Oc3ccccc3OC)c(C(F)(F)F)oc2c1. The van der Waals surface area contributed by atoms with Crippen molar-refractivity contribution in [2.24, 2.45) is 0 Å². The summed E-state index contributed by atoms with van der Waals surface area (Å²) >= 11 is 0. The minimum atomic E-state index is -5.03. The molecule has 170 valence electrons. The maximum absolute atomic E-state index is 13.7. The lowest BCUT2D eigenvalue weighted by Crippen LogP contribution is -2.33. The van der Waals surface area contributed by atoms with E-state index in [0.717, 1.165) is 6.07 Å². The Kier molecular flexibility index (Phi) is 6.61. The number of para-hydroxylation sites is 2. The molecule has 0 saturated carbocycles. The number of alkyl halides is 3. The lowest BCUT2D eigenvalue weighted by atomic mass is 10.2. The summed E-state index contributed by atoms with van der Waals surface area (Å²) < 4.78 is 61.7. The number of benzene rings is 2. The van der Waals surface area contributed by atoms with E-state index in [9.17, 15) is 22.8 Å². The van der Waals surface area contributed by atoms with Crippen molar-refractivity contribution in [3.05, 3.63) is 58.4 Å². The van der Waals surface area contributed by atoms with Crippen molar-refractivity contribution in [1.29, 1.82) is 0 Å². The highest BCUT2D eigenvalue weighted by atomic mass is 19.4. The molecular weight excluding hydrogens is 431 g/mol. The lowest BCUT2D eigenvalue weighted by molar-refractivity contribution is -0.154. The van der Waals surface area contributed by atoms with Gasteiger partial charge in [-0.05, 0) is 38.1 Å². The number of hydrogen-bond donors (Lipinski definition) is 0. The number of carbonyl (C=O) groups is 1. The Morgan fingerprint density at radius 1 is 1.06 bits per heavy atom. The highest BCUT2D eigenvalue weighted by molar-refractivity contribution is 5.81. The fourth-order valence-electron chi connectivity index (χ4n) is 2.96. The molecule has 0 atom stereocenters. The van der Waals surface area contributed by atoms with Crippen LogP contribution >= 0.6 is 0 Å². The molecule has 3 aromatic rings. The number of amides is 1. The molecule has 0 aliphatic heterocycles. The van der Waals surface area contributed by atoms with Crippen LogP contribution in [0, 0.1) is 0 Å². The van der Waals surface area contributed by atoms with Crippen LogP contribution in [0.5, 0.6) is 23.0 Å². The fourth-order valence-corrected chi connectivity index (χ4v) is 2.96. The minimum Gasteiger partial charge on any atom is -0.493 e. The van der Waals surface area contributed by atoms with Crippen LogP contribution < -0.4 is 19.6 Å². The molecule has 0 aliphatic carbocycles. The maximum Gasteiger partial charge on any atom is 0.453 e. The fraction of sp³-hybridized carbons (Fsp3) is 0.273. The second-order valence-corrected chi connectivity index (χ2v) is 6.54. The van der Waals surface area contributed by atoms with Gasteiger partial charge in [0, 0.05) is 19.2 Å². The third-order valence-corrected chi connectivity index (χ3v) is 4.59. The van der Waals surface area contributed by atoms with Crippen molar-refractivity contribution in [1.82, 2.24) is 4.90 Å². The zero-order valence-electron chi connectivity index (χ0n) is 17.5. The molecule has 2 aromatic carbocycles. The molecule has 1 aromatic heterocycles. The van der Waals surface area contributed by atoms with Crippen LogP contribution in [-0.2, 0) is 6.18 Å². The van der Waals surface area contributed by atoms with Gasteiger partial charge in [-0.25, -0.2) is 4.79 Å². The topological polar surface area (TPSA) is 78.2 Å². The molecule has 0 bridgehead atoms. The number of carbonyl (C=O) groups excluding carboxylic acids is 1. The Morgan fingerprint density at radius 2 is 1.72 bits per heavy atom. The summed E-state index contributed by atoms with van der Waals surface area (Å²) in [6.07, 6.45) is -5.71. The van der Waals surface area contributed by atoms with Crippen LogP contribution in [-0.4, -0.2) is 31.2 Å². The second kappa shape index (κ2) is 9.21. The van der Waals surface area contributed by atoms with Crippen LogP contribution in [0.25, 0.3) is 11.0 Å². The Morgan fingerprint density at radius 3 is 2.31 bits per heavy atom. The molecule has 0 saturated heterocycles. The lowest BCUT2D eigenvalue weighted by Gasteiger charge is -2.18. The molecule has 7 nitrogen and oxygen atoms in total. The largest absolute Gasteiger partial charge is 0.493 e. The number of rotatable bonds is 6. The molecule has 1 heterocycles. The highest BCUT2D eigenvalue weighted by Gasteiger charge is 2.40. The first-order valence-corrected chi connectivity index (χ1v) is 9.65. The molecule has 0 fully saturated rings. The molecule has 0 spiro atoms. The van der Waals surface area contributed by atoms with Crippen molar-refractivity contribution in [3.63, 3.8) is 0 Å². The number of halogens is 3. The van der Waals surface area contributed by atoms with Gasteiger partial charge < -0.3 is 23.5 Å². The number of nitrogens with zero attached hydrogens (tertiary/aromatic N) is 1. The van der Waals surface area contributed by atoms with E-state index >= 15 is 0 Å². The van der Waals surface area contributed by atoms with Gasteiger partial charge in [-0.3, -0.25) is 4.79 Å². The van der Waals surface area contributed by atoms with Gasteiger partial charge in [0.2, 0.25) is 11.2 Å². The van der Waals surface area contributed by atoms with Gasteiger partial charge in [0.1, 0.15) is 11.3 Å². The summed E-state index contributed by atoms with van der Waals surface area (Å²) in [5.74, 6) is -2.66. The smallest absolute Gasteiger partial charge is 0.453 e. The molecule has 0 N–H and O–H groups in total. The maximum atomic E-state index is 13.7. The average Bonchev–Trinajstić information content (AvgIpc) is 2.76. The average molecular weight is 451 g/mol. The van der Waals surface area contributed by atoms with Crippen molar-refractivity contribution in [3.8, 4) is 23.0 Å². The summed E-state index contributed by atoms with van der Waals surface area (Å²) in [6, 6.07) is 9.51. The van der Waals surface area contributed by atoms with E-state index in [2.05, 4.69) is 0 Å². The summed E-state index contributed by atoms with van der Waals surface area (Å²) in [7, 11) is 1.32. The van der Waals surface area contributed by atoms with Crippen molar-refractivity contribution < 1.29 is 36.6 Å².